The first kappa shape index (κ1) is 23.4. The molecule has 7 nitrogen and oxygen atoms in total. The quantitative estimate of drug-likeness (QED) is 0.238. The van der Waals surface area contributed by atoms with Gasteiger partial charge in [-0.3, -0.25) is 9.79 Å². The fourth-order valence-corrected chi connectivity index (χ4v) is 1.79. The summed E-state index contributed by atoms with van der Waals surface area (Å²) in [5.41, 5.74) is 0.449. The number of anilines is 1. The van der Waals surface area contributed by atoms with Crippen molar-refractivity contribution in [1.29, 1.82) is 0 Å². The van der Waals surface area contributed by atoms with Crippen molar-refractivity contribution in [3.8, 4) is 5.75 Å². The van der Waals surface area contributed by atoms with Gasteiger partial charge in [-0.05, 0) is 26.0 Å². The fourth-order valence-electron chi connectivity index (χ4n) is 1.79. The van der Waals surface area contributed by atoms with Gasteiger partial charge in [0.2, 0.25) is 5.91 Å². The minimum Gasteiger partial charge on any atom is -0.492 e. The maximum absolute atomic E-state index is 11.1. The molecule has 1 rings (SSSR count). The number of carbonyl (C=O) groups is 1. The van der Waals surface area contributed by atoms with Crippen LogP contribution in [0.3, 0.4) is 0 Å². The van der Waals surface area contributed by atoms with Gasteiger partial charge in [0.25, 0.3) is 0 Å². The molecule has 1 aromatic carbocycles. The second-order valence-electron chi connectivity index (χ2n) is 5.87. The van der Waals surface area contributed by atoms with Gasteiger partial charge >= 0.3 is 0 Å². The number of amides is 1. The number of carbonyl (C=O) groups excluding carboxylic acids is 1. The molecule has 0 bridgehead atoms. The molecular weight excluding hydrogens is 435 g/mol. The van der Waals surface area contributed by atoms with E-state index in [0.29, 0.717) is 37.1 Å². The Balaban J connectivity index is 0.00000576. The molecule has 0 aliphatic carbocycles. The van der Waals surface area contributed by atoms with Crippen molar-refractivity contribution in [1.82, 2.24) is 10.6 Å². The number of benzene rings is 1. The molecule has 0 fully saturated rings. The average Bonchev–Trinajstić information content (AvgIpc) is 2.54. The van der Waals surface area contributed by atoms with E-state index in [4.69, 9.17) is 9.47 Å². The van der Waals surface area contributed by atoms with Crippen LogP contribution in [0.25, 0.3) is 0 Å². The first-order valence-electron chi connectivity index (χ1n) is 7.86. The monoisotopic (exact) mass is 464 g/mol. The van der Waals surface area contributed by atoms with Crippen LogP contribution >= 0.6 is 24.0 Å². The van der Waals surface area contributed by atoms with Crippen LogP contribution in [0.15, 0.2) is 29.3 Å². The topological polar surface area (TPSA) is 84.0 Å². The lowest BCUT2D eigenvalue weighted by molar-refractivity contribution is -0.114. The molecule has 0 saturated heterocycles. The minimum absolute atomic E-state index is 0. The van der Waals surface area contributed by atoms with E-state index >= 15 is 0 Å². The van der Waals surface area contributed by atoms with E-state index < -0.39 is 0 Å². The number of rotatable bonds is 8. The van der Waals surface area contributed by atoms with E-state index in [9.17, 15) is 4.79 Å². The molecule has 8 heteroatoms. The molecule has 1 amide bonds. The Morgan fingerprint density at radius 3 is 2.60 bits per heavy atom. The molecule has 0 spiro atoms. The molecule has 0 atom stereocenters. The van der Waals surface area contributed by atoms with Gasteiger partial charge in [0.1, 0.15) is 12.4 Å². The molecule has 0 aliphatic heterocycles. The third kappa shape index (κ3) is 10.1. The summed E-state index contributed by atoms with van der Waals surface area (Å²) in [6.45, 7) is 7.18. The fraction of sp³-hybridized carbons (Fsp3) is 0.529. The lowest BCUT2D eigenvalue weighted by Crippen LogP contribution is -2.46. The van der Waals surface area contributed by atoms with Crippen LogP contribution in [-0.4, -0.2) is 51.3 Å². The molecule has 0 saturated carbocycles. The van der Waals surface area contributed by atoms with E-state index in [1.165, 1.54) is 6.92 Å². The Morgan fingerprint density at radius 1 is 1.28 bits per heavy atom. The van der Waals surface area contributed by atoms with Crippen molar-refractivity contribution >= 4 is 41.5 Å². The largest absolute Gasteiger partial charge is 0.492 e. The van der Waals surface area contributed by atoms with E-state index in [1.54, 1.807) is 20.2 Å². The van der Waals surface area contributed by atoms with Gasteiger partial charge in [0.15, 0.2) is 5.96 Å². The van der Waals surface area contributed by atoms with Crippen LogP contribution in [0.5, 0.6) is 5.75 Å². The lowest BCUT2D eigenvalue weighted by atomic mass is 10.1. The van der Waals surface area contributed by atoms with Crippen LogP contribution in [0.2, 0.25) is 0 Å². The maximum Gasteiger partial charge on any atom is 0.221 e. The van der Waals surface area contributed by atoms with Crippen molar-refractivity contribution in [3.63, 3.8) is 0 Å². The number of nitrogens with one attached hydrogen (secondary N) is 3. The van der Waals surface area contributed by atoms with Crippen molar-refractivity contribution in [3.05, 3.63) is 24.3 Å². The highest BCUT2D eigenvalue weighted by Crippen LogP contribution is 2.16. The Kier molecular flexibility index (Phi) is 11.2. The lowest BCUT2D eigenvalue weighted by Gasteiger charge is -2.24. The van der Waals surface area contributed by atoms with Crippen LogP contribution in [0.4, 0.5) is 5.69 Å². The summed E-state index contributed by atoms with van der Waals surface area (Å²) in [7, 11) is 3.40. The summed E-state index contributed by atoms with van der Waals surface area (Å²) in [4.78, 5) is 15.2. The normalized spacial score (nSPS) is 11.3. The van der Waals surface area contributed by atoms with Gasteiger partial charge in [-0.25, -0.2) is 0 Å². The number of methoxy groups -OCH3 is 1. The number of hydrogen-bond donors (Lipinski definition) is 3. The van der Waals surface area contributed by atoms with Crippen LogP contribution < -0.4 is 20.7 Å². The van der Waals surface area contributed by atoms with Gasteiger partial charge < -0.3 is 25.4 Å². The number of nitrogens with zero attached hydrogens (tertiary/aromatic N) is 1. The van der Waals surface area contributed by atoms with Gasteiger partial charge in [-0.2, -0.15) is 0 Å². The summed E-state index contributed by atoms with van der Waals surface area (Å²) in [6, 6.07) is 7.28. The maximum atomic E-state index is 11.1. The third-order valence-electron chi connectivity index (χ3n) is 3.28. The Labute approximate surface area is 167 Å². The summed E-state index contributed by atoms with van der Waals surface area (Å²) >= 11 is 0. The molecule has 142 valence electrons. The average molecular weight is 464 g/mol. The van der Waals surface area contributed by atoms with Crippen LogP contribution in [0.1, 0.15) is 20.8 Å². The molecule has 0 aliphatic rings. The Hall–Kier alpha value is -1.55. The second-order valence-corrected chi connectivity index (χ2v) is 5.87. The molecule has 0 aromatic heterocycles. The Bertz CT molecular complexity index is 565. The summed E-state index contributed by atoms with van der Waals surface area (Å²) in [6.07, 6.45) is 0. The standard InChI is InChI=1S/C17H28N4O3.HI/c1-13(22)21-14-7-6-8-15(11-14)24-10-9-19-16(18-4)20-12-17(2,3)23-5;/h6-8,11H,9-10,12H2,1-5H3,(H,21,22)(H2,18,19,20);1H. The zero-order valence-corrected chi connectivity index (χ0v) is 17.8. The van der Waals surface area contributed by atoms with E-state index in [-0.39, 0.29) is 35.5 Å². The molecular formula is C17H29IN4O3. The summed E-state index contributed by atoms with van der Waals surface area (Å²) in [5, 5.41) is 9.10. The van der Waals surface area contributed by atoms with E-state index in [2.05, 4.69) is 20.9 Å². The van der Waals surface area contributed by atoms with Crippen molar-refractivity contribution in [2.75, 3.05) is 39.2 Å². The van der Waals surface area contributed by atoms with Crippen molar-refractivity contribution in [2.45, 2.75) is 26.4 Å². The van der Waals surface area contributed by atoms with Gasteiger partial charge in [-0.1, -0.05) is 6.07 Å². The number of halogens is 1. The van der Waals surface area contributed by atoms with Gasteiger partial charge in [0, 0.05) is 39.4 Å². The van der Waals surface area contributed by atoms with Crippen molar-refractivity contribution < 1.29 is 14.3 Å². The number of guanidine groups is 1. The SMILES string of the molecule is CN=C(NCCOc1cccc(NC(C)=O)c1)NCC(C)(C)OC.I. The van der Waals surface area contributed by atoms with Crippen LogP contribution in [0, 0.1) is 0 Å². The molecule has 1 aromatic rings. The van der Waals surface area contributed by atoms with Crippen LogP contribution in [-0.2, 0) is 9.53 Å². The number of ether oxygens (including phenoxy) is 2. The smallest absolute Gasteiger partial charge is 0.221 e. The first-order chi connectivity index (χ1) is 11.4. The minimum atomic E-state index is -0.266. The highest BCUT2D eigenvalue weighted by molar-refractivity contribution is 14.0. The zero-order chi connectivity index (χ0) is 18.0. The molecule has 0 unspecified atom stereocenters. The van der Waals surface area contributed by atoms with Crippen molar-refractivity contribution in [2.24, 2.45) is 4.99 Å². The van der Waals surface area contributed by atoms with E-state index in [0.717, 1.165) is 0 Å². The summed E-state index contributed by atoms with van der Waals surface area (Å²) in [5.74, 6) is 1.28. The summed E-state index contributed by atoms with van der Waals surface area (Å²) < 4.78 is 11.0. The highest BCUT2D eigenvalue weighted by Gasteiger charge is 2.16. The molecule has 0 heterocycles. The third-order valence-corrected chi connectivity index (χ3v) is 3.28. The predicted octanol–water partition coefficient (Wildman–Crippen LogP) is 2.23. The van der Waals surface area contributed by atoms with Gasteiger partial charge in [-0.15, -0.1) is 24.0 Å². The number of hydrogen-bond acceptors (Lipinski definition) is 4. The number of aliphatic imine (C=N–C) groups is 1. The first-order valence-corrected chi connectivity index (χ1v) is 7.86. The van der Waals surface area contributed by atoms with Gasteiger partial charge in [0.05, 0.1) is 12.1 Å². The zero-order valence-electron chi connectivity index (χ0n) is 15.5. The molecule has 25 heavy (non-hydrogen) atoms. The molecule has 3 N–H and O–H groups in total. The Morgan fingerprint density at radius 2 is 2.00 bits per heavy atom. The molecule has 0 radical (unpaired) electrons. The predicted molar refractivity (Wildman–Crippen MR) is 112 cm³/mol. The highest BCUT2D eigenvalue weighted by atomic mass is 127. The second kappa shape index (κ2) is 11.9. The van der Waals surface area contributed by atoms with E-state index in [1.807, 2.05) is 32.0 Å².